The van der Waals surface area contributed by atoms with Crippen LogP contribution in [0.5, 0.6) is 0 Å². The fourth-order valence-electron chi connectivity index (χ4n) is 2.79. The number of fused-ring (bicyclic) bond motifs is 1. The number of para-hydroxylation sites is 2. The van der Waals surface area contributed by atoms with Crippen LogP contribution in [0.4, 0.5) is 0 Å². The predicted octanol–water partition coefficient (Wildman–Crippen LogP) is 3.06. The molecular formula is C21H20N2O4. The average molecular weight is 364 g/mol. The zero-order valence-corrected chi connectivity index (χ0v) is 15.0. The van der Waals surface area contributed by atoms with Crippen molar-refractivity contribution in [3.05, 3.63) is 76.2 Å². The molecule has 1 heterocycles. The summed E-state index contributed by atoms with van der Waals surface area (Å²) in [6, 6.07) is 15.9. The maximum atomic E-state index is 12.4. The number of hydrogen-bond acceptors (Lipinski definition) is 5. The molecule has 0 aliphatic heterocycles. The Morgan fingerprint density at radius 1 is 1.07 bits per heavy atom. The standard InChI is InChI=1S/C21H20N2O4/c1-2-18(20(25)14-8-4-3-5-9-14)27-19(24)13-12-17-21(26)23-16-11-7-6-10-15(16)22-17/h3-11,18H,2,12-13H2,1H3,(H,23,26)/t18-/m0/s1. The van der Waals surface area contributed by atoms with Crippen molar-refractivity contribution in [3.8, 4) is 0 Å². The van der Waals surface area contributed by atoms with Gasteiger partial charge >= 0.3 is 5.97 Å². The molecule has 1 atom stereocenters. The van der Waals surface area contributed by atoms with E-state index in [0.29, 0.717) is 23.0 Å². The summed E-state index contributed by atoms with van der Waals surface area (Å²) in [5.41, 5.74) is 1.76. The van der Waals surface area contributed by atoms with E-state index in [1.54, 1.807) is 43.3 Å². The molecule has 0 unspecified atom stereocenters. The Morgan fingerprint density at radius 3 is 2.52 bits per heavy atom. The van der Waals surface area contributed by atoms with Crippen molar-refractivity contribution in [1.29, 1.82) is 0 Å². The van der Waals surface area contributed by atoms with Crippen LogP contribution in [0.15, 0.2) is 59.4 Å². The smallest absolute Gasteiger partial charge is 0.306 e. The topological polar surface area (TPSA) is 89.1 Å². The quantitative estimate of drug-likeness (QED) is 0.514. The lowest BCUT2D eigenvalue weighted by Crippen LogP contribution is -2.27. The Bertz CT molecular complexity index is 1010. The molecule has 2 aromatic carbocycles. The highest BCUT2D eigenvalue weighted by Crippen LogP contribution is 2.11. The van der Waals surface area contributed by atoms with E-state index >= 15 is 0 Å². The molecule has 3 aromatic rings. The van der Waals surface area contributed by atoms with Gasteiger partial charge in [-0.05, 0) is 18.6 Å². The van der Waals surface area contributed by atoms with Crippen LogP contribution >= 0.6 is 0 Å². The number of aromatic nitrogens is 2. The highest BCUT2D eigenvalue weighted by atomic mass is 16.5. The maximum Gasteiger partial charge on any atom is 0.306 e. The predicted molar refractivity (Wildman–Crippen MR) is 102 cm³/mol. The molecule has 0 aliphatic carbocycles. The Morgan fingerprint density at radius 2 is 1.78 bits per heavy atom. The molecule has 1 N–H and O–H groups in total. The lowest BCUT2D eigenvalue weighted by molar-refractivity contribution is -0.147. The van der Waals surface area contributed by atoms with Crippen LogP contribution in [-0.2, 0) is 16.0 Å². The van der Waals surface area contributed by atoms with Crippen LogP contribution < -0.4 is 5.56 Å². The van der Waals surface area contributed by atoms with E-state index in [-0.39, 0.29) is 29.9 Å². The third kappa shape index (κ3) is 4.47. The fraction of sp³-hybridized carbons (Fsp3) is 0.238. The molecule has 6 nitrogen and oxygen atoms in total. The number of nitrogens with one attached hydrogen (secondary N) is 1. The van der Waals surface area contributed by atoms with Gasteiger partial charge in [0.2, 0.25) is 5.78 Å². The average Bonchev–Trinajstić information content (AvgIpc) is 2.70. The molecule has 0 saturated carbocycles. The number of hydrogen-bond donors (Lipinski definition) is 1. The molecule has 0 spiro atoms. The number of esters is 1. The molecular weight excluding hydrogens is 344 g/mol. The van der Waals surface area contributed by atoms with Gasteiger partial charge in [-0.25, -0.2) is 4.98 Å². The van der Waals surface area contributed by atoms with E-state index in [1.165, 1.54) is 0 Å². The van der Waals surface area contributed by atoms with E-state index in [1.807, 2.05) is 18.2 Å². The number of benzene rings is 2. The summed E-state index contributed by atoms with van der Waals surface area (Å²) in [7, 11) is 0. The number of ether oxygens (including phenoxy) is 1. The van der Waals surface area contributed by atoms with Crippen molar-refractivity contribution in [2.75, 3.05) is 0 Å². The minimum atomic E-state index is -0.831. The summed E-state index contributed by atoms with van der Waals surface area (Å²) in [4.78, 5) is 43.8. The molecule has 0 bridgehead atoms. The molecule has 1 aromatic heterocycles. The normalized spacial score (nSPS) is 11.9. The fourth-order valence-corrected chi connectivity index (χ4v) is 2.79. The van der Waals surface area contributed by atoms with Crippen molar-refractivity contribution >= 4 is 22.8 Å². The van der Waals surface area contributed by atoms with Crippen molar-refractivity contribution in [3.63, 3.8) is 0 Å². The van der Waals surface area contributed by atoms with Gasteiger partial charge in [0.25, 0.3) is 5.56 Å². The van der Waals surface area contributed by atoms with Gasteiger partial charge in [0.1, 0.15) is 5.69 Å². The van der Waals surface area contributed by atoms with Crippen molar-refractivity contribution < 1.29 is 14.3 Å². The second-order valence-corrected chi connectivity index (χ2v) is 6.15. The van der Waals surface area contributed by atoms with E-state index in [9.17, 15) is 14.4 Å². The van der Waals surface area contributed by atoms with E-state index in [4.69, 9.17) is 4.74 Å². The first kappa shape index (κ1) is 18.5. The van der Waals surface area contributed by atoms with Crippen LogP contribution in [0.3, 0.4) is 0 Å². The minimum absolute atomic E-state index is 0.0208. The van der Waals surface area contributed by atoms with Gasteiger partial charge < -0.3 is 9.72 Å². The summed E-state index contributed by atoms with van der Waals surface area (Å²) in [5.74, 6) is -0.756. The number of ketones is 1. The second kappa shape index (κ2) is 8.40. The number of Topliss-reactive ketones (excluding diaryl/α,β-unsaturated/α-hetero) is 1. The molecule has 3 rings (SSSR count). The first-order valence-electron chi connectivity index (χ1n) is 8.85. The van der Waals surface area contributed by atoms with Crippen LogP contribution in [0.25, 0.3) is 11.0 Å². The first-order valence-corrected chi connectivity index (χ1v) is 8.85. The Balaban J connectivity index is 1.64. The highest BCUT2D eigenvalue weighted by molar-refractivity contribution is 6.00. The SMILES string of the molecule is CC[C@H](OC(=O)CCc1nc2ccccc2[nH]c1=O)C(=O)c1ccccc1. The summed E-state index contributed by atoms with van der Waals surface area (Å²) in [5, 5.41) is 0. The van der Waals surface area contributed by atoms with Crippen molar-refractivity contribution in [2.45, 2.75) is 32.3 Å². The lowest BCUT2D eigenvalue weighted by atomic mass is 10.0. The van der Waals surface area contributed by atoms with Crippen LogP contribution in [0.2, 0.25) is 0 Å². The molecule has 0 amide bonds. The van der Waals surface area contributed by atoms with Gasteiger partial charge in [-0.1, -0.05) is 49.4 Å². The summed E-state index contributed by atoms with van der Waals surface area (Å²) >= 11 is 0. The number of nitrogens with zero attached hydrogens (tertiary/aromatic N) is 1. The zero-order chi connectivity index (χ0) is 19.2. The molecule has 138 valence electrons. The van der Waals surface area contributed by atoms with Crippen LogP contribution in [0, 0.1) is 0 Å². The summed E-state index contributed by atoms with van der Waals surface area (Å²) in [6.07, 6.45) is -0.321. The number of carbonyl (C=O) groups is 2. The largest absolute Gasteiger partial charge is 0.454 e. The van der Waals surface area contributed by atoms with E-state index in [0.717, 1.165) is 0 Å². The molecule has 0 saturated heterocycles. The number of aromatic amines is 1. The highest BCUT2D eigenvalue weighted by Gasteiger charge is 2.22. The van der Waals surface area contributed by atoms with Gasteiger partial charge in [0.15, 0.2) is 6.10 Å². The third-order valence-electron chi connectivity index (χ3n) is 4.23. The number of carbonyl (C=O) groups excluding carboxylic acids is 2. The molecule has 0 fully saturated rings. The molecule has 0 aliphatic rings. The molecule has 6 heteroatoms. The van der Waals surface area contributed by atoms with Gasteiger partial charge in [-0.15, -0.1) is 0 Å². The maximum absolute atomic E-state index is 12.4. The number of H-pyrrole nitrogens is 1. The van der Waals surface area contributed by atoms with Crippen LogP contribution in [-0.4, -0.2) is 27.8 Å². The second-order valence-electron chi connectivity index (χ2n) is 6.15. The Labute approximate surface area is 156 Å². The summed E-state index contributed by atoms with van der Waals surface area (Å²) in [6.45, 7) is 1.79. The van der Waals surface area contributed by atoms with Crippen LogP contribution in [0.1, 0.15) is 35.8 Å². The van der Waals surface area contributed by atoms with Gasteiger partial charge in [-0.3, -0.25) is 14.4 Å². The minimum Gasteiger partial charge on any atom is -0.454 e. The third-order valence-corrected chi connectivity index (χ3v) is 4.23. The van der Waals surface area contributed by atoms with E-state index < -0.39 is 12.1 Å². The van der Waals surface area contributed by atoms with Gasteiger partial charge in [-0.2, -0.15) is 0 Å². The van der Waals surface area contributed by atoms with E-state index in [2.05, 4.69) is 9.97 Å². The van der Waals surface area contributed by atoms with Gasteiger partial charge in [0, 0.05) is 12.0 Å². The lowest BCUT2D eigenvalue weighted by Gasteiger charge is -2.15. The monoisotopic (exact) mass is 364 g/mol. The summed E-state index contributed by atoms with van der Waals surface area (Å²) < 4.78 is 5.34. The molecule has 0 radical (unpaired) electrons. The zero-order valence-electron chi connectivity index (χ0n) is 15.0. The van der Waals surface area contributed by atoms with Gasteiger partial charge in [0.05, 0.1) is 17.5 Å². The number of rotatable bonds is 7. The Hall–Kier alpha value is -3.28. The Kier molecular flexibility index (Phi) is 5.76. The number of aryl methyl sites for hydroxylation is 1. The molecule has 27 heavy (non-hydrogen) atoms. The van der Waals surface area contributed by atoms with Crippen molar-refractivity contribution in [2.24, 2.45) is 0 Å². The first-order chi connectivity index (χ1) is 13.1. The van der Waals surface area contributed by atoms with Crippen molar-refractivity contribution in [1.82, 2.24) is 9.97 Å².